The predicted octanol–water partition coefficient (Wildman–Crippen LogP) is 4.57. The van der Waals surface area contributed by atoms with Crippen LogP contribution in [0.3, 0.4) is 0 Å². The van der Waals surface area contributed by atoms with Gasteiger partial charge in [-0.1, -0.05) is 6.07 Å². The van der Waals surface area contributed by atoms with E-state index in [1.165, 1.54) is 17.4 Å². The van der Waals surface area contributed by atoms with Gasteiger partial charge in [0.15, 0.2) is 0 Å². The molecule has 5 fully saturated rings. The number of H-pyrrole nitrogens is 1. The molecule has 15 nitrogen and oxygen atoms in total. The van der Waals surface area contributed by atoms with Crippen LogP contribution in [0.15, 0.2) is 53.6 Å². The van der Waals surface area contributed by atoms with Crippen LogP contribution in [0.5, 0.6) is 0 Å². The van der Waals surface area contributed by atoms with Crippen molar-refractivity contribution in [2.24, 2.45) is 13.0 Å². The molecule has 2 N–H and O–H groups in total. The monoisotopic (exact) mass is 797 g/mol. The zero-order valence-corrected chi connectivity index (χ0v) is 33.6. The summed E-state index contributed by atoms with van der Waals surface area (Å²) in [6.45, 7) is 6.77. The SMILES string of the molecule is Cn1c(=O)n(C2CCC(=O)NC2=O)c2ccc(N3CCC(OC4CCC(CN5CCN(c6cc(-c7n[nH]c8ccc(C9(C#N)CC9)cc78)ncn6)CC5)CC4)CC3)cc21. The van der Waals surface area contributed by atoms with E-state index in [-0.39, 0.29) is 29.5 Å². The summed E-state index contributed by atoms with van der Waals surface area (Å²) < 4.78 is 9.85. The van der Waals surface area contributed by atoms with E-state index in [4.69, 9.17) is 4.74 Å². The summed E-state index contributed by atoms with van der Waals surface area (Å²) in [5, 5.41) is 20.9. The lowest BCUT2D eigenvalue weighted by Gasteiger charge is -2.39. The van der Waals surface area contributed by atoms with Crippen molar-refractivity contribution >= 4 is 45.3 Å². The number of rotatable bonds is 9. The van der Waals surface area contributed by atoms with E-state index in [0.717, 1.165) is 129 Å². The Morgan fingerprint density at radius 3 is 2.37 bits per heavy atom. The highest BCUT2D eigenvalue weighted by atomic mass is 16.5. The Balaban J connectivity index is 0.681. The Morgan fingerprint density at radius 1 is 0.847 bits per heavy atom. The van der Waals surface area contributed by atoms with E-state index in [9.17, 15) is 19.6 Å². The summed E-state index contributed by atoms with van der Waals surface area (Å²) in [5.74, 6) is 0.911. The Hall–Kier alpha value is -5.59. The molecule has 5 aliphatic rings. The number of aryl methyl sites for hydroxylation is 1. The molecule has 0 radical (unpaired) electrons. The highest BCUT2D eigenvalue weighted by Gasteiger charge is 2.45. The van der Waals surface area contributed by atoms with Crippen LogP contribution in [0, 0.1) is 17.2 Å². The number of aromatic nitrogens is 6. The molecule has 0 spiro atoms. The van der Waals surface area contributed by atoms with Gasteiger partial charge >= 0.3 is 5.69 Å². The van der Waals surface area contributed by atoms with Crippen LogP contribution in [0.1, 0.15) is 75.8 Å². The summed E-state index contributed by atoms with van der Waals surface area (Å²) in [4.78, 5) is 54.1. The number of aromatic amines is 1. The Labute approximate surface area is 342 Å². The molecule has 1 atom stereocenters. The van der Waals surface area contributed by atoms with Crippen molar-refractivity contribution in [3.63, 3.8) is 0 Å². The maximum absolute atomic E-state index is 13.2. The zero-order chi connectivity index (χ0) is 40.3. The maximum Gasteiger partial charge on any atom is 0.329 e. The molecule has 5 aromatic rings. The van der Waals surface area contributed by atoms with E-state index >= 15 is 0 Å². The van der Waals surface area contributed by atoms with Crippen molar-refractivity contribution in [1.82, 2.24) is 39.5 Å². The second kappa shape index (κ2) is 15.2. The van der Waals surface area contributed by atoms with Crippen molar-refractivity contribution in [2.75, 3.05) is 55.6 Å². The standard InChI is InChI=1S/C44H51N11O4/c1-51-38-23-30(5-9-36(38)55(43(51)58)37-10-11-40(56)48-42(37)57)53-16-12-32(13-17-53)59-31-6-2-28(3-7-31)25-52-18-20-54(21-19-52)39-24-35(46-27-47-39)41-33-22-29(44(26-45)14-15-44)4-8-34(33)49-50-41/h4-5,8-9,22-24,27-28,31-32,37H,2-3,6-7,10-21,25H2,1H3,(H,49,50)(H,48,56,57). The van der Waals surface area contributed by atoms with Gasteiger partial charge < -0.3 is 14.5 Å². The van der Waals surface area contributed by atoms with Crippen LogP contribution >= 0.6 is 0 Å². The topological polar surface area (TPSA) is 170 Å². The molecular formula is C44H51N11O4. The first-order chi connectivity index (χ1) is 28.7. The maximum atomic E-state index is 13.2. The number of ether oxygens (including phenoxy) is 1. The molecule has 306 valence electrons. The molecule has 2 aliphatic carbocycles. The summed E-state index contributed by atoms with van der Waals surface area (Å²) in [6, 6.07) is 16.1. The molecular weight excluding hydrogens is 747 g/mol. The van der Waals surface area contributed by atoms with Gasteiger partial charge in [0.05, 0.1) is 45.9 Å². The van der Waals surface area contributed by atoms with Crippen LogP contribution in [-0.4, -0.2) is 104 Å². The molecule has 10 rings (SSSR count). The fourth-order valence-corrected chi connectivity index (χ4v) is 10.0. The lowest BCUT2D eigenvalue weighted by molar-refractivity contribution is -0.135. The quantitative estimate of drug-likeness (QED) is 0.200. The van der Waals surface area contributed by atoms with E-state index in [2.05, 4.69) is 58.4 Å². The van der Waals surface area contributed by atoms with Gasteiger partial charge in [0.25, 0.3) is 0 Å². The number of fused-ring (bicyclic) bond motifs is 2. The first-order valence-corrected chi connectivity index (χ1v) is 21.4. The zero-order valence-electron chi connectivity index (χ0n) is 33.6. The normalized spacial score (nSPS) is 24.1. The van der Waals surface area contributed by atoms with Gasteiger partial charge in [-0.15, -0.1) is 0 Å². The van der Waals surface area contributed by atoms with Gasteiger partial charge in [-0.25, -0.2) is 14.8 Å². The van der Waals surface area contributed by atoms with Crippen molar-refractivity contribution in [3.8, 4) is 17.5 Å². The lowest BCUT2D eigenvalue weighted by Crippen LogP contribution is -2.48. The number of nitrogens with one attached hydrogen (secondary N) is 2. The van der Waals surface area contributed by atoms with Crippen molar-refractivity contribution < 1.29 is 14.3 Å². The number of carbonyl (C=O) groups is 2. The number of carbonyl (C=O) groups excluding carboxylic acids is 2. The predicted molar refractivity (Wildman–Crippen MR) is 223 cm³/mol. The lowest BCUT2D eigenvalue weighted by atomic mass is 9.86. The smallest absolute Gasteiger partial charge is 0.329 e. The molecule has 2 aromatic carbocycles. The van der Waals surface area contributed by atoms with E-state index < -0.39 is 11.9 Å². The first kappa shape index (κ1) is 37.7. The molecule has 1 unspecified atom stereocenters. The minimum absolute atomic E-state index is 0.225. The van der Waals surface area contributed by atoms with Crippen molar-refractivity contribution in [3.05, 3.63) is 64.8 Å². The third kappa shape index (κ3) is 7.16. The summed E-state index contributed by atoms with van der Waals surface area (Å²) in [6.07, 6.45) is 11.1. The molecule has 2 amide bonds. The van der Waals surface area contributed by atoms with E-state index in [1.54, 1.807) is 17.9 Å². The van der Waals surface area contributed by atoms with Crippen LogP contribution < -0.4 is 20.8 Å². The highest BCUT2D eigenvalue weighted by Crippen LogP contribution is 2.48. The largest absolute Gasteiger partial charge is 0.375 e. The summed E-state index contributed by atoms with van der Waals surface area (Å²) in [7, 11) is 1.74. The molecule has 2 saturated carbocycles. The fourth-order valence-electron chi connectivity index (χ4n) is 10.0. The number of nitrogens with zero attached hydrogens (tertiary/aromatic N) is 9. The second-order valence-corrected chi connectivity index (χ2v) is 17.4. The van der Waals surface area contributed by atoms with Crippen molar-refractivity contribution in [2.45, 2.75) is 87.9 Å². The van der Waals surface area contributed by atoms with Gasteiger partial charge in [0.1, 0.15) is 23.9 Å². The number of piperazine rings is 1. The molecule has 3 aliphatic heterocycles. The number of nitriles is 1. The number of imidazole rings is 1. The van der Waals surface area contributed by atoms with E-state index in [0.29, 0.717) is 24.0 Å². The first-order valence-electron chi connectivity index (χ1n) is 21.4. The Kier molecular flexibility index (Phi) is 9.71. The number of piperidine rings is 2. The third-order valence-electron chi connectivity index (χ3n) is 13.8. The van der Waals surface area contributed by atoms with Crippen LogP contribution in [-0.2, 0) is 26.8 Å². The van der Waals surface area contributed by atoms with Gasteiger partial charge in [-0.05, 0) is 99.6 Å². The number of imide groups is 1. The average Bonchev–Trinajstić information content (AvgIpc) is 3.89. The minimum Gasteiger partial charge on any atom is -0.375 e. The van der Waals surface area contributed by atoms with Crippen LogP contribution in [0.2, 0.25) is 0 Å². The van der Waals surface area contributed by atoms with Gasteiger partial charge in [-0.3, -0.25) is 34.0 Å². The molecule has 15 heteroatoms. The summed E-state index contributed by atoms with van der Waals surface area (Å²) in [5.41, 5.74) is 5.56. The number of anilines is 2. The number of amides is 2. The molecule has 3 saturated heterocycles. The second-order valence-electron chi connectivity index (χ2n) is 17.4. The van der Waals surface area contributed by atoms with Crippen LogP contribution in [0.4, 0.5) is 11.5 Å². The number of hydrogen-bond donors (Lipinski definition) is 2. The minimum atomic E-state index is -0.683. The number of hydrogen-bond acceptors (Lipinski definition) is 11. The molecule has 6 heterocycles. The van der Waals surface area contributed by atoms with Gasteiger partial charge in [0, 0.05) is 76.4 Å². The molecule has 59 heavy (non-hydrogen) atoms. The Bertz CT molecular complexity index is 2510. The van der Waals surface area contributed by atoms with Gasteiger partial charge in [0.2, 0.25) is 11.8 Å². The third-order valence-corrected chi connectivity index (χ3v) is 13.8. The van der Waals surface area contributed by atoms with Crippen molar-refractivity contribution in [1.29, 1.82) is 5.26 Å². The summed E-state index contributed by atoms with van der Waals surface area (Å²) >= 11 is 0. The fraction of sp³-hybridized carbons (Fsp3) is 0.523. The number of benzene rings is 2. The molecule has 0 bridgehead atoms. The van der Waals surface area contributed by atoms with Gasteiger partial charge in [-0.2, -0.15) is 10.4 Å². The van der Waals surface area contributed by atoms with Crippen LogP contribution in [0.25, 0.3) is 33.3 Å². The Morgan fingerprint density at radius 2 is 1.63 bits per heavy atom. The highest BCUT2D eigenvalue weighted by molar-refractivity contribution is 6.00. The van der Waals surface area contributed by atoms with E-state index in [1.807, 2.05) is 30.3 Å². The molecule has 3 aromatic heterocycles. The average molecular weight is 798 g/mol.